The number of hydrogen-bond donors (Lipinski definition) is 2. The van der Waals surface area contributed by atoms with Crippen molar-refractivity contribution in [2.24, 2.45) is 5.92 Å². The molecular weight excluding hydrogens is 642 g/mol. The van der Waals surface area contributed by atoms with E-state index in [0.717, 1.165) is 48.8 Å². The number of carbonyl (C=O) groups is 4. The van der Waals surface area contributed by atoms with E-state index in [0.29, 0.717) is 18.4 Å². The fourth-order valence-corrected chi connectivity index (χ4v) is 5.80. The molecule has 0 spiro atoms. The van der Waals surface area contributed by atoms with Crippen molar-refractivity contribution in [2.75, 3.05) is 6.54 Å². The van der Waals surface area contributed by atoms with Gasteiger partial charge in [0.2, 0.25) is 11.8 Å². The van der Waals surface area contributed by atoms with Gasteiger partial charge in [-0.2, -0.15) is 0 Å². The van der Waals surface area contributed by atoms with Crippen LogP contribution in [0.2, 0.25) is 0 Å². The Morgan fingerprint density at radius 3 is 1.94 bits per heavy atom. The second-order valence-corrected chi connectivity index (χ2v) is 15.8. The van der Waals surface area contributed by atoms with Gasteiger partial charge < -0.3 is 25.0 Å². The van der Waals surface area contributed by atoms with E-state index in [2.05, 4.69) is 17.6 Å². The van der Waals surface area contributed by atoms with Crippen LogP contribution in [0.15, 0.2) is 48.5 Å². The highest BCUT2D eigenvalue weighted by atomic mass is 16.6. The molecular formula is C42H65N3O6. The van der Waals surface area contributed by atoms with Crippen LogP contribution in [0.25, 0.3) is 0 Å². The molecule has 3 amide bonds. The van der Waals surface area contributed by atoms with Gasteiger partial charge in [0.1, 0.15) is 29.3 Å². The molecule has 0 saturated carbocycles. The average Bonchev–Trinajstić information content (AvgIpc) is 3.04. The Balaban J connectivity index is 2.68. The van der Waals surface area contributed by atoms with Gasteiger partial charge in [0, 0.05) is 13.0 Å². The topological polar surface area (TPSA) is 114 Å². The van der Waals surface area contributed by atoms with E-state index >= 15 is 0 Å². The predicted molar refractivity (Wildman–Crippen MR) is 204 cm³/mol. The third kappa shape index (κ3) is 15.1. The number of unbranched alkanes of at least 4 members (excludes halogenated alkanes) is 5. The molecule has 0 aliphatic heterocycles. The Morgan fingerprint density at radius 1 is 0.765 bits per heavy atom. The maximum Gasteiger partial charge on any atom is 0.408 e. The quantitative estimate of drug-likeness (QED) is 0.119. The largest absolute Gasteiger partial charge is 0.458 e. The van der Waals surface area contributed by atoms with Gasteiger partial charge in [0.15, 0.2) is 0 Å². The van der Waals surface area contributed by atoms with Crippen LogP contribution in [0.5, 0.6) is 0 Å². The van der Waals surface area contributed by atoms with Crippen molar-refractivity contribution in [3.8, 4) is 0 Å². The van der Waals surface area contributed by atoms with Gasteiger partial charge in [-0.15, -0.1) is 0 Å². The number of amides is 3. The zero-order chi connectivity index (χ0) is 38.4. The van der Waals surface area contributed by atoms with Crippen LogP contribution in [0.1, 0.15) is 136 Å². The van der Waals surface area contributed by atoms with Crippen LogP contribution >= 0.6 is 0 Å². The van der Waals surface area contributed by atoms with Gasteiger partial charge in [-0.3, -0.25) is 9.59 Å². The lowest BCUT2D eigenvalue weighted by Crippen LogP contribution is -2.56. The molecule has 0 aromatic heterocycles. The molecule has 2 aromatic rings. The van der Waals surface area contributed by atoms with Gasteiger partial charge >= 0.3 is 12.1 Å². The van der Waals surface area contributed by atoms with E-state index in [1.165, 1.54) is 0 Å². The predicted octanol–water partition coefficient (Wildman–Crippen LogP) is 8.54. The van der Waals surface area contributed by atoms with Gasteiger partial charge in [0.25, 0.3) is 0 Å². The molecule has 4 unspecified atom stereocenters. The number of alkyl carbamates (subject to hydrolysis) is 1. The minimum Gasteiger partial charge on any atom is -0.458 e. The Labute approximate surface area is 307 Å². The van der Waals surface area contributed by atoms with E-state index < -0.39 is 47.3 Å². The first-order valence-electron chi connectivity index (χ1n) is 18.8. The maximum atomic E-state index is 14.9. The molecule has 0 bridgehead atoms. The molecule has 0 fully saturated rings. The zero-order valence-corrected chi connectivity index (χ0v) is 33.2. The van der Waals surface area contributed by atoms with Gasteiger partial charge in [-0.05, 0) is 90.0 Å². The summed E-state index contributed by atoms with van der Waals surface area (Å²) in [7, 11) is 0. The smallest absolute Gasteiger partial charge is 0.408 e. The number of ether oxygens (including phenoxy) is 2. The highest BCUT2D eigenvalue weighted by Gasteiger charge is 2.39. The van der Waals surface area contributed by atoms with Crippen LogP contribution in [0, 0.1) is 19.8 Å². The van der Waals surface area contributed by atoms with Crippen molar-refractivity contribution in [1.29, 1.82) is 0 Å². The Hall–Kier alpha value is -3.88. The van der Waals surface area contributed by atoms with Crippen LogP contribution in [0.4, 0.5) is 4.79 Å². The molecule has 0 heterocycles. The molecule has 2 rings (SSSR count). The molecule has 284 valence electrons. The minimum absolute atomic E-state index is 0.211. The van der Waals surface area contributed by atoms with Gasteiger partial charge in [-0.1, -0.05) is 108 Å². The number of hydrogen-bond acceptors (Lipinski definition) is 6. The van der Waals surface area contributed by atoms with Crippen molar-refractivity contribution in [3.63, 3.8) is 0 Å². The average molecular weight is 708 g/mol. The number of benzene rings is 2. The standard InChI is InChI=1S/C42H65N3O6/c1-12-14-15-16-17-21-26-45(38(47)35(29(3)13-2)44-40(49)51-42(9,10)11)36(33-25-24-30(4)31(5)27-33)37(46)43-34(39(48)50-41(6,7)8)28-32-22-19-18-20-23-32/h18-20,22-25,27,29,34-36H,12-17,21,26,28H2,1-11H3,(H,43,46)(H,44,49). The summed E-state index contributed by atoms with van der Waals surface area (Å²) in [6, 6.07) is 12.2. The van der Waals surface area contributed by atoms with Gasteiger partial charge in [-0.25, -0.2) is 9.59 Å². The highest BCUT2D eigenvalue weighted by Crippen LogP contribution is 2.28. The zero-order valence-electron chi connectivity index (χ0n) is 33.2. The van der Waals surface area contributed by atoms with E-state index in [9.17, 15) is 19.2 Å². The lowest BCUT2D eigenvalue weighted by Gasteiger charge is -2.37. The third-order valence-corrected chi connectivity index (χ3v) is 8.88. The maximum absolute atomic E-state index is 14.9. The minimum atomic E-state index is -1.08. The van der Waals surface area contributed by atoms with Crippen molar-refractivity contribution < 1.29 is 28.7 Å². The fourth-order valence-electron chi connectivity index (χ4n) is 5.80. The molecule has 0 aliphatic rings. The van der Waals surface area contributed by atoms with E-state index in [4.69, 9.17) is 9.47 Å². The monoisotopic (exact) mass is 707 g/mol. The number of esters is 1. The Morgan fingerprint density at radius 2 is 1.37 bits per heavy atom. The third-order valence-electron chi connectivity index (χ3n) is 8.88. The van der Waals surface area contributed by atoms with Crippen LogP contribution in [-0.2, 0) is 30.3 Å². The second kappa shape index (κ2) is 20.2. The molecule has 4 atom stereocenters. The number of rotatable bonds is 18. The summed E-state index contributed by atoms with van der Waals surface area (Å²) in [6.07, 6.45) is 6.04. The Bertz CT molecular complexity index is 1410. The first-order chi connectivity index (χ1) is 23.9. The molecule has 2 N–H and O–H groups in total. The lowest BCUT2D eigenvalue weighted by molar-refractivity contribution is -0.159. The molecule has 2 aromatic carbocycles. The summed E-state index contributed by atoms with van der Waals surface area (Å²) >= 11 is 0. The SMILES string of the molecule is CCCCCCCCN(C(=O)C(NC(=O)OC(C)(C)C)C(C)CC)C(C(=O)NC(Cc1ccccc1)C(=O)OC(C)(C)C)c1ccc(C)c(C)c1. The fraction of sp³-hybridized carbons (Fsp3) is 0.619. The summed E-state index contributed by atoms with van der Waals surface area (Å²) in [6.45, 7) is 21.0. The van der Waals surface area contributed by atoms with Crippen molar-refractivity contribution in [2.45, 2.75) is 157 Å². The number of nitrogens with one attached hydrogen (secondary N) is 2. The van der Waals surface area contributed by atoms with Crippen molar-refractivity contribution in [3.05, 3.63) is 70.8 Å². The molecule has 9 nitrogen and oxygen atoms in total. The molecule has 0 aliphatic carbocycles. The van der Waals surface area contributed by atoms with Crippen LogP contribution in [-0.4, -0.2) is 58.6 Å². The van der Waals surface area contributed by atoms with E-state index in [1.54, 1.807) is 46.4 Å². The summed E-state index contributed by atoms with van der Waals surface area (Å²) in [5.74, 6) is -1.69. The van der Waals surface area contributed by atoms with E-state index in [1.807, 2.05) is 76.2 Å². The number of aryl methyl sites for hydroxylation is 2. The molecule has 0 saturated heterocycles. The molecule has 0 radical (unpaired) electrons. The first-order valence-corrected chi connectivity index (χ1v) is 18.8. The van der Waals surface area contributed by atoms with Crippen molar-refractivity contribution >= 4 is 23.9 Å². The van der Waals surface area contributed by atoms with E-state index in [-0.39, 0.29) is 24.8 Å². The lowest BCUT2D eigenvalue weighted by atomic mass is 9.94. The normalized spacial score (nSPS) is 14.1. The summed E-state index contributed by atoms with van der Waals surface area (Å²) in [4.78, 5) is 58.0. The highest BCUT2D eigenvalue weighted by molar-refractivity contribution is 5.94. The van der Waals surface area contributed by atoms with Crippen LogP contribution in [0.3, 0.4) is 0 Å². The van der Waals surface area contributed by atoms with Gasteiger partial charge in [0.05, 0.1) is 0 Å². The molecule has 51 heavy (non-hydrogen) atoms. The summed E-state index contributed by atoms with van der Waals surface area (Å²) < 4.78 is 11.4. The summed E-state index contributed by atoms with van der Waals surface area (Å²) in [5, 5.41) is 5.86. The Kier molecular flexibility index (Phi) is 17.2. The second-order valence-electron chi connectivity index (χ2n) is 15.8. The summed E-state index contributed by atoms with van der Waals surface area (Å²) in [5.41, 5.74) is 1.96. The molecule has 9 heteroatoms. The number of nitrogens with zero attached hydrogens (tertiary/aromatic N) is 1. The van der Waals surface area contributed by atoms with Crippen molar-refractivity contribution in [1.82, 2.24) is 15.5 Å². The van der Waals surface area contributed by atoms with Crippen LogP contribution < -0.4 is 10.6 Å². The first kappa shape index (κ1) is 43.3. The number of carbonyl (C=O) groups excluding carboxylic acids is 4.